The first kappa shape index (κ1) is 12.2. The second kappa shape index (κ2) is 4.53. The quantitative estimate of drug-likeness (QED) is 0.822. The van der Waals surface area contributed by atoms with E-state index in [9.17, 15) is 4.79 Å². The summed E-state index contributed by atoms with van der Waals surface area (Å²) in [5.74, 6) is 0.176. The first-order valence-electron chi connectivity index (χ1n) is 6.20. The molecule has 17 heavy (non-hydrogen) atoms. The molecular weight excluding hydrogens is 214 g/mol. The lowest BCUT2D eigenvalue weighted by Crippen LogP contribution is -2.52. The van der Waals surface area contributed by atoms with Gasteiger partial charge in [0, 0.05) is 17.9 Å². The fraction of sp³-hybridized carbons (Fsp3) is 0.615. The Hall–Kier alpha value is -1.29. The van der Waals surface area contributed by atoms with Gasteiger partial charge in [0.15, 0.2) is 0 Å². The average molecular weight is 235 g/mol. The van der Waals surface area contributed by atoms with Gasteiger partial charge in [0.1, 0.15) is 0 Å². The summed E-state index contributed by atoms with van der Waals surface area (Å²) >= 11 is 0. The highest BCUT2D eigenvalue weighted by atomic mass is 16.2. The monoisotopic (exact) mass is 235 g/mol. The van der Waals surface area contributed by atoms with Crippen LogP contribution in [0.15, 0.2) is 18.5 Å². The van der Waals surface area contributed by atoms with Gasteiger partial charge >= 0.3 is 0 Å². The van der Waals surface area contributed by atoms with E-state index in [0.29, 0.717) is 0 Å². The molecule has 1 aromatic heterocycles. The van der Waals surface area contributed by atoms with E-state index in [1.54, 1.807) is 0 Å². The molecule has 1 fully saturated rings. The minimum atomic E-state index is -0.120. The Balaban J connectivity index is 2.37. The van der Waals surface area contributed by atoms with Crippen LogP contribution in [0, 0.1) is 0 Å². The zero-order chi connectivity index (χ0) is 12.5. The molecule has 1 aliphatic heterocycles. The van der Waals surface area contributed by atoms with E-state index < -0.39 is 0 Å². The number of H-pyrrole nitrogens is 1. The van der Waals surface area contributed by atoms with Gasteiger partial charge in [0.2, 0.25) is 5.91 Å². The smallest absolute Gasteiger partial charge is 0.244 e. The van der Waals surface area contributed by atoms with Gasteiger partial charge in [-0.2, -0.15) is 0 Å². The molecule has 1 atom stereocenters. The highest BCUT2D eigenvalue weighted by Gasteiger charge is 2.38. The molecule has 1 unspecified atom stereocenters. The minimum Gasteiger partial charge on any atom is -0.366 e. The van der Waals surface area contributed by atoms with Gasteiger partial charge in [-0.25, -0.2) is 0 Å². The van der Waals surface area contributed by atoms with E-state index in [4.69, 9.17) is 0 Å². The van der Waals surface area contributed by atoms with Gasteiger partial charge in [-0.05, 0) is 46.2 Å². The van der Waals surface area contributed by atoms with Crippen LogP contribution < -0.4 is 10.2 Å². The molecule has 2 N–H and O–H groups in total. The Morgan fingerprint density at radius 2 is 2.29 bits per heavy atom. The lowest BCUT2D eigenvalue weighted by molar-refractivity contribution is -0.121. The molecule has 0 bridgehead atoms. The molecule has 94 valence electrons. The number of likely N-dealkylation sites (N-methyl/N-ethyl adjacent to an activating group) is 1. The van der Waals surface area contributed by atoms with Gasteiger partial charge in [-0.3, -0.25) is 4.79 Å². The van der Waals surface area contributed by atoms with E-state index in [2.05, 4.69) is 24.1 Å². The van der Waals surface area contributed by atoms with Crippen LogP contribution in [0.3, 0.4) is 0 Å². The molecule has 1 amide bonds. The first-order chi connectivity index (χ1) is 8.06. The van der Waals surface area contributed by atoms with Crippen LogP contribution in [-0.4, -0.2) is 29.5 Å². The Kier molecular flexibility index (Phi) is 3.24. The average Bonchev–Trinajstić information content (AvgIpc) is 2.73. The van der Waals surface area contributed by atoms with E-state index in [0.717, 1.165) is 24.9 Å². The molecule has 4 nitrogen and oxygen atoms in total. The number of hydrogen-bond donors (Lipinski definition) is 2. The van der Waals surface area contributed by atoms with E-state index in [1.165, 1.54) is 0 Å². The van der Waals surface area contributed by atoms with Crippen molar-refractivity contribution in [2.75, 3.05) is 11.9 Å². The third kappa shape index (κ3) is 2.22. The summed E-state index contributed by atoms with van der Waals surface area (Å²) in [4.78, 5) is 17.5. The summed E-state index contributed by atoms with van der Waals surface area (Å²) in [5.41, 5.74) is 0.840. The number of carbonyl (C=O) groups excluding carboxylic acids is 1. The molecule has 2 heterocycles. The second-order valence-electron chi connectivity index (χ2n) is 5.29. The number of aromatic amines is 1. The standard InChI is InChI=1S/C13H21N3O/c1-13(2)7-4-5-11(14-3)12(17)16(13)10-6-8-15-9-10/h6,8-9,11,14-15H,4-5,7H2,1-3H3. The molecule has 4 heteroatoms. The van der Waals surface area contributed by atoms with Crippen molar-refractivity contribution in [2.45, 2.75) is 44.7 Å². The number of aromatic nitrogens is 1. The molecular formula is C13H21N3O. The molecule has 1 aliphatic rings. The van der Waals surface area contributed by atoms with Crippen molar-refractivity contribution >= 4 is 11.6 Å². The summed E-state index contributed by atoms with van der Waals surface area (Å²) < 4.78 is 0. The number of amides is 1. The number of hydrogen-bond acceptors (Lipinski definition) is 2. The van der Waals surface area contributed by atoms with Crippen molar-refractivity contribution in [1.82, 2.24) is 10.3 Å². The topological polar surface area (TPSA) is 48.1 Å². The largest absolute Gasteiger partial charge is 0.366 e. The number of nitrogens with zero attached hydrogens (tertiary/aromatic N) is 1. The number of anilines is 1. The highest BCUT2D eigenvalue weighted by Crippen LogP contribution is 2.32. The minimum absolute atomic E-state index is 0.0633. The van der Waals surface area contributed by atoms with Gasteiger partial charge in [0.25, 0.3) is 0 Å². The number of carbonyl (C=O) groups is 1. The summed E-state index contributed by atoms with van der Waals surface area (Å²) in [6, 6.07) is 1.89. The molecule has 1 saturated heterocycles. The van der Waals surface area contributed by atoms with Crippen molar-refractivity contribution < 1.29 is 4.79 Å². The molecule has 2 rings (SSSR count). The van der Waals surface area contributed by atoms with Gasteiger partial charge in [-0.1, -0.05) is 0 Å². The van der Waals surface area contributed by atoms with Crippen LogP contribution in [0.4, 0.5) is 5.69 Å². The maximum atomic E-state index is 12.5. The van der Waals surface area contributed by atoms with Crippen LogP contribution in [0.5, 0.6) is 0 Å². The van der Waals surface area contributed by atoms with Crippen LogP contribution in [0.2, 0.25) is 0 Å². The molecule has 0 spiro atoms. The van der Waals surface area contributed by atoms with Crippen molar-refractivity contribution in [3.63, 3.8) is 0 Å². The summed E-state index contributed by atoms with van der Waals surface area (Å²) in [7, 11) is 1.86. The third-order valence-electron chi connectivity index (χ3n) is 3.59. The van der Waals surface area contributed by atoms with Crippen molar-refractivity contribution in [1.29, 1.82) is 0 Å². The predicted molar refractivity (Wildman–Crippen MR) is 69.1 cm³/mol. The van der Waals surface area contributed by atoms with Crippen molar-refractivity contribution in [3.8, 4) is 0 Å². The Morgan fingerprint density at radius 3 is 2.88 bits per heavy atom. The van der Waals surface area contributed by atoms with Crippen LogP contribution >= 0.6 is 0 Å². The molecule has 0 aliphatic carbocycles. The third-order valence-corrected chi connectivity index (χ3v) is 3.59. The zero-order valence-electron chi connectivity index (χ0n) is 10.8. The van der Waals surface area contributed by atoms with E-state index >= 15 is 0 Å². The molecule has 1 aromatic rings. The molecule has 0 aromatic carbocycles. The lowest BCUT2D eigenvalue weighted by atomic mass is 9.96. The van der Waals surface area contributed by atoms with Gasteiger partial charge < -0.3 is 15.2 Å². The van der Waals surface area contributed by atoms with E-state index in [-0.39, 0.29) is 17.5 Å². The van der Waals surface area contributed by atoms with Crippen LogP contribution in [0.1, 0.15) is 33.1 Å². The normalized spacial score (nSPS) is 24.8. The fourth-order valence-electron chi connectivity index (χ4n) is 2.63. The highest BCUT2D eigenvalue weighted by molar-refractivity contribution is 5.98. The van der Waals surface area contributed by atoms with E-state index in [1.807, 2.05) is 30.4 Å². The zero-order valence-corrected chi connectivity index (χ0v) is 10.8. The molecule has 0 radical (unpaired) electrons. The van der Waals surface area contributed by atoms with Gasteiger partial charge in [-0.15, -0.1) is 0 Å². The SMILES string of the molecule is CNC1CCCC(C)(C)N(c2cc[nH]c2)C1=O. The Morgan fingerprint density at radius 1 is 1.53 bits per heavy atom. The van der Waals surface area contributed by atoms with Crippen molar-refractivity contribution in [3.05, 3.63) is 18.5 Å². The summed E-state index contributed by atoms with van der Waals surface area (Å²) in [6.45, 7) is 4.27. The maximum Gasteiger partial charge on any atom is 0.244 e. The first-order valence-corrected chi connectivity index (χ1v) is 6.20. The summed E-state index contributed by atoms with van der Waals surface area (Å²) in [5, 5.41) is 3.12. The molecule has 0 saturated carbocycles. The predicted octanol–water partition coefficient (Wildman–Crippen LogP) is 1.90. The number of rotatable bonds is 2. The van der Waals surface area contributed by atoms with Crippen LogP contribution in [0.25, 0.3) is 0 Å². The lowest BCUT2D eigenvalue weighted by Gasteiger charge is -2.37. The Bertz CT molecular complexity index is 383. The summed E-state index contributed by atoms with van der Waals surface area (Å²) in [6.07, 6.45) is 6.77. The van der Waals surface area contributed by atoms with Crippen molar-refractivity contribution in [2.24, 2.45) is 0 Å². The maximum absolute atomic E-state index is 12.5. The Labute approximate surface area is 102 Å². The fourth-order valence-corrected chi connectivity index (χ4v) is 2.63. The second-order valence-corrected chi connectivity index (χ2v) is 5.29. The van der Waals surface area contributed by atoms with Gasteiger partial charge in [0.05, 0.1) is 11.7 Å². The number of nitrogens with one attached hydrogen (secondary N) is 2. The van der Waals surface area contributed by atoms with Crippen LogP contribution in [-0.2, 0) is 4.79 Å².